The van der Waals surface area contributed by atoms with Crippen LogP contribution in [-0.2, 0) is 13.0 Å². The first kappa shape index (κ1) is 21.7. The number of thiophene rings is 1. The molecule has 6 nitrogen and oxygen atoms in total. The lowest BCUT2D eigenvalue weighted by Gasteiger charge is -2.25. The average molecular weight is 459 g/mol. The highest BCUT2D eigenvalue weighted by atomic mass is 35.5. The van der Waals surface area contributed by atoms with E-state index in [1.54, 1.807) is 25.3 Å². The predicted molar refractivity (Wildman–Crippen MR) is 127 cm³/mol. The van der Waals surface area contributed by atoms with E-state index in [1.807, 2.05) is 23.5 Å². The highest BCUT2D eigenvalue weighted by molar-refractivity contribution is 7.15. The standard InChI is InChI=1S/C23H27ClN4O2S/c1-4-17(25-23(29)26-18-13-15(24)7-8-19(18)30-3)21-16-9-12-27(2)14-20(16)31-22(21)28-10-5-6-11-28/h5-8,10-11,13,17H,4,9,12,14H2,1-3H3,(H2,25,26,29)/t17-/m1/s1. The first-order chi connectivity index (χ1) is 15.0. The molecule has 1 atom stereocenters. The van der Waals surface area contributed by atoms with E-state index in [0.717, 1.165) is 25.9 Å². The average Bonchev–Trinajstić information content (AvgIpc) is 3.39. The van der Waals surface area contributed by atoms with Crippen molar-refractivity contribution < 1.29 is 9.53 Å². The fraction of sp³-hybridized carbons (Fsp3) is 0.348. The summed E-state index contributed by atoms with van der Waals surface area (Å²) in [4.78, 5) is 16.7. The Balaban J connectivity index is 1.63. The maximum Gasteiger partial charge on any atom is 0.319 e. The Bertz CT molecular complexity index is 1060. The van der Waals surface area contributed by atoms with Gasteiger partial charge in [0, 0.05) is 40.9 Å². The summed E-state index contributed by atoms with van der Waals surface area (Å²) in [5.41, 5.74) is 3.14. The number of carbonyl (C=O) groups excluding carboxylic acids is 1. The first-order valence-electron chi connectivity index (χ1n) is 10.4. The van der Waals surface area contributed by atoms with E-state index in [1.165, 1.54) is 21.0 Å². The number of fused-ring (bicyclic) bond motifs is 1. The van der Waals surface area contributed by atoms with Crippen LogP contribution < -0.4 is 15.4 Å². The zero-order valence-corrected chi connectivity index (χ0v) is 19.5. The Labute approximate surface area is 191 Å². The maximum atomic E-state index is 12.9. The quantitative estimate of drug-likeness (QED) is 0.515. The number of benzene rings is 1. The summed E-state index contributed by atoms with van der Waals surface area (Å²) in [6.45, 7) is 4.06. The molecular weight excluding hydrogens is 432 g/mol. The molecule has 1 aliphatic rings. The van der Waals surface area contributed by atoms with Crippen molar-refractivity contribution in [2.24, 2.45) is 0 Å². The number of urea groups is 1. The number of methoxy groups -OCH3 is 1. The monoisotopic (exact) mass is 458 g/mol. The number of rotatable bonds is 6. The van der Waals surface area contributed by atoms with Crippen molar-refractivity contribution in [2.45, 2.75) is 32.4 Å². The Kier molecular flexibility index (Phi) is 6.55. The molecule has 0 unspecified atom stereocenters. The van der Waals surface area contributed by atoms with Crippen LogP contribution >= 0.6 is 22.9 Å². The largest absolute Gasteiger partial charge is 0.495 e. The molecule has 1 aromatic carbocycles. The Morgan fingerprint density at radius 1 is 1.32 bits per heavy atom. The van der Waals surface area contributed by atoms with E-state index in [2.05, 4.69) is 46.5 Å². The lowest BCUT2D eigenvalue weighted by atomic mass is 9.96. The predicted octanol–water partition coefficient (Wildman–Crippen LogP) is 5.46. The van der Waals surface area contributed by atoms with Crippen molar-refractivity contribution >= 4 is 34.7 Å². The van der Waals surface area contributed by atoms with Crippen LogP contribution in [0.1, 0.15) is 35.4 Å². The Hall–Kier alpha value is -2.48. The molecule has 3 heterocycles. The zero-order chi connectivity index (χ0) is 22.0. The van der Waals surface area contributed by atoms with Gasteiger partial charge in [-0.2, -0.15) is 0 Å². The third-order valence-corrected chi connectivity index (χ3v) is 7.06. The summed E-state index contributed by atoms with van der Waals surface area (Å²) in [6, 6.07) is 8.84. The van der Waals surface area contributed by atoms with Gasteiger partial charge in [0.1, 0.15) is 10.8 Å². The molecular formula is C23H27ClN4O2S. The van der Waals surface area contributed by atoms with E-state index >= 15 is 0 Å². The number of likely N-dealkylation sites (N-methyl/N-ethyl adjacent to an activating group) is 1. The molecule has 2 N–H and O–H groups in total. The first-order valence-corrected chi connectivity index (χ1v) is 11.6. The van der Waals surface area contributed by atoms with Crippen LogP contribution in [0.4, 0.5) is 10.5 Å². The van der Waals surface area contributed by atoms with Gasteiger partial charge in [-0.15, -0.1) is 11.3 Å². The minimum atomic E-state index is -0.279. The molecule has 1 aliphatic heterocycles. The molecule has 2 aromatic heterocycles. The smallest absolute Gasteiger partial charge is 0.319 e. The van der Waals surface area contributed by atoms with E-state index in [0.29, 0.717) is 16.5 Å². The van der Waals surface area contributed by atoms with Gasteiger partial charge in [-0.3, -0.25) is 0 Å². The van der Waals surface area contributed by atoms with Gasteiger partial charge in [0.2, 0.25) is 0 Å². The van der Waals surface area contributed by atoms with Crippen LogP contribution in [0.15, 0.2) is 42.7 Å². The molecule has 0 fully saturated rings. The normalized spacial score (nSPS) is 14.7. The maximum absolute atomic E-state index is 12.9. The van der Waals surface area contributed by atoms with Crippen molar-refractivity contribution in [3.63, 3.8) is 0 Å². The zero-order valence-electron chi connectivity index (χ0n) is 17.9. The van der Waals surface area contributed by atoms with Gasteiger partial charge in [-0.05, 0) is 55.8 Å². The molecule has 0 bridgehead atoms. The van der Waals surface area contributed by atoms with Gasteiger partial charge >= 0.3 is 6.03 Å². The second-order valence-corrected chi connectivity index (χ2v) is 9.22. The van der Waals surface area contributed by atoms with Crippen molar-refractivity contribution in [1.82, 2.24) is 14.8 Å². The van der Waals surface area contributed by atoms with Gasteiger partial charge in [0.15, 0.2) is 0 Å². The van der Waals surface area contributed by atoms with Crippen LogP contribution in [0.25, 0.3) is 5.00 Å². The number of halogens is 1. The number of carbonyl (C=O) groups is 1. The highest BCUT2D eigenvalue weighted by Crippen LogP contribution is 2.40. The molecule has 3 aromatic rings. The lowest BCUT2D eigenvalue weighted by molar-refractivity contribution is 0.248. The molecule has 0 saturated heterocycles. The molecule has 0 radical (unpaired) electrons. The van der Waals surface area contributed by atoms with Gasteiger partial charge in [-0.1, -0.05) is 18.5 Å². The molecule has 2 amide bonds. The number of ether oxygens (including phenoxy) is 1. The number of amides is 2. The number of hydrogen-bond acceptors (Lipinski definition) is 4. The van der Waals surface area contributed by atoms with E-state index in [-0.39, 0.29) is 12.1 Å². The number of anilines is 1. The molecule has 0 saturated carbocycles. The Morgan fingerprint density at radius 2 is 2.10 bits per heavy atom. The fourth-order valence-corrected chi connectivity index (χ4v) is 5.66. The van der Waals surface area contributed by atoms with E-state index in [9.17, 15) is 4.79 Å². The number of nitrogens with zero attached hydrogens (tertiary/aromatic N) is 2. The lowest BCUT2D eigenvalue weighted by Crippen LogP contribution is -2.34. The number of nitrogens with one attached hydrogen (secondary N) is 2. The molecule has 4 rings (SSSR count). The second-order valence-electron chi connectivity index (χ2n) is 7.70. The second kappa shape index (κ2) is 9.34. The molecule has 8 heteroatoms. The summed E-state index contributed by atoms with van der Waals surface area (Å²) in [6.07, 6.45) is 5.90. The summed E-state index contributed by atoms with van der Waals surface area (Å²) >= 11 is 7.93. The van der Waals surface area contributed by atoms with Crippen molar-refractivity contribution in [1.29, 1.82) is 0 Å². The molecule has 0 spiro atoms. The highest BCUT2D eigenvalue weighted by Gasteiger charge is 2.28. The topological polar surface area (TPSA) is 58.5 Å². The van der Waals surface area contributed by atoms with E-state index in [4.69, 9.17) is 16.3 Å². The van der Waals surface area contributed by atoms with Gasteiger partial charge in [0.25, 0.3) is 0 Å². The van der Waals surface area contributed by atoms with Crippen molar-refractivity contribution in [2.75, 3.05) is 26.0 Å². The van der Waals surface area contributed by atoms with Crippen LogP contribution in [-0.4, -0.2) is 36.2 Å². The van der Waals surface area contributed by atoms with Gasteiger partial charge in [0.05, 0.1) is 18.8 Å². The van der Waals surface area contributed by atoms with Crippen LogP contribution in [0.3, 0.4) is 0 Å². The SMILES string of the molecule is CC[C@@H](NC(=O)Nc1cc(Cl)ccc1OC)c1c(-n2cccc2)sc2c1CCN(C)C2. The Morgan fingerprint density at radius 3 is 2.81 bits per heavy atom. The van der Waals surface area contributed by atoms with Crippen LogP contribution in [0.5, 0.6) is 5.75 Å². The van der Waals surface area contributed by atoms with Crippen molar-refractivity contribution in [3.8, 4) is 10.8 Å². The molecule has 31 heavy (non-hydrogen) atoms. The third kappa shape index (κ3) is 4.59. The summed E-state index contributed by atoms with van der Waals surface area (Å²) in [7, 11) is 3.72. The van der Waals surface area contributed by atoms with Crippen molar-refractivity contribution in [3.05, 3.63) is 63.8 Å². The third-order valence-electron chi connectivity index (χ3n) is 5.58. The molecule has 0 aliphatic carbocycles. The van der Waals surface area contributed by atoms with Gasteiger partial charge < -0.3 is 24.8 Å². The van der Waals surface area contributed by atoms with Gasteiger partial charge in [-0.25, -0.2) is 4.79 Å². The van der Waals surface area contributed by atoms with Crippen LogP contribution in [0.2, 0.25) is 5.02 Å². The summed E-state index contributed by atoms with van der Waals surface area (Å²) in [5.74, 6) is 0.566. The minimum absolute atomic E-state index is 0.106. The number of hydrogen-bond donors (Lipinski definition) is 2. The molecule has 164 valence electrons. The summed E-state index contributed by atoms with van der Waals surface area (Å²) < 4.78 is 7.50. The number of aromatic nitrogens is 1. The summed E-state index contributed by atoms with van der Waals surface area (Å²) in [5, 5.41) is 7.80. The fourth-order valence-electron chi connectivity index (χ4n) is 4.04. The van der Waals surface area contributed by atoms with E-state index < -0.39 is 0 Å². The van der Waals surface area contributed by atoms with Crippen LogP contribution in [0, 0.1) is 0 Å². The minimum Gasteiger partial charge on any atom is -0.495 e.